The third-order valence-corrected chi connectivity index (χ3v) is 5.86. The van der Waals surface area contributed by atoms with Crippen molar-refractivity contribution in [3.63, 3.8) is 0 Å². The highest BCUT2D eigenvalue weighted by Crippen LogP contribution is 2.35. The van der Waals surface area contributed by atoms with Crippen molar-refractivity contribution in [3.05, 3.63) is 53.4 Å². The fourth-order valence-corrected chi connectivity index (χ4v) is 4.04. The predicted octanol–water partition coefficient (Wildman–Crippen LogP) is 4.84. The van der Waals surface area contributed by atoms with E-state index in [-0.39, 0.29) is 5.91 Å². The van der Waals surface area contributed by atoms with Gasteiger partial charge in [0.25, 0.3) is 5.91 Å². The molecule has 26 heavy (non-hydrogen) atoms. The number of furan rings is 1. The number of hydrogen-bond donors (Lipinski definition) is 0. The lowest BCUT2D eigenvalue weighted by atomic mass is 10.1. The second-order valence-corrected chi connectivity index (χ2v) is 7.56. The van der Waals surface area contributed by atoms with E-state index in [1.54, 1.807) is 25.6 Å². The lowest BCUT2D eigenvalue weighted by molar-refractivity contribution is -0.113. The number of thioether (sulfide) groups is 2. The topological polar surface area (TPSA) is 64.7 Å². The predicted molar refractivity (Wildman–Crippen MR) is 108 cm³/mol. The van der Waals surface area contributed by atoms with Gasteiger partial charge >= 0.3 is 0 Å². The van der Waals surface area contributed by atoms with Crippen molar-refractivity contribution in [1.29, 1.82) is 0 Å². The Kier molecular flexibility index (Phi) is 4.57. The SMILES string of the molecule is COc1ccc(-c2cncc3cc(C=C4SC(SC)=NC4=O)oc23)cc1. The number of nitrogens with zero attached hydrogens (tertiary/aromatic N) is 2. The molecule has 7 heteroatoms. The van der Waals surface area contributed by atoms with Crippen molar-refractivity contribution < 1.29 is 13.9 Å². The number of fused-ring (bicyclic) bond motifs is 1. The molecule has 3 aromatic rings. The molecule has 0 aliphatic carbocycles. The van der Waals surface area contributed by atoms with Crippen molar-refractivity contribution in [1.82, 2.24) is 4.98 Å². The van der Waals surface area contributed by atoms with Crippen LogP contribution in [0.4, 0.5) is 0 Å². The summed E-state index contributed by atoms with van der Waals surface area (Å²) in [6.45, 7) is 0. The third-order valence-electron chi connectivity index (χ3n) is 3.89. The molecule has 0 spiro atoms. The van der Waals surface area contributed by atoms with Crippen LogP contribution >= 0.6 is 23.5 Å². The van der Waals surface area contributed by atoms with Gasteiger partial charge in [-0.25, -0.2) is 0 Å². The van der Waals surface area contributed by atoms with Crippen LogP contribution in [0.2, 0.25) is 0 Å². The standard InChI is InChI=1S/C19H14N2O3S2/c1-23-13-5-3-11(4-6-13)15-10-20-9-12-7-14(24-17(12)15)8-16-18(22)21-19(25-2)26-16/h3-10H,1-2H3. The Bertz CT molecular complexity index is 1050. The highest BCUT2D eigenvalue weighted by atomic mass is 32.2. The quantitative estimate of drug-likeness (QED) is 0.604. The maximum Gasteiger partial charge on any atom is 0.285 e. The molecule has 3 heterocycles. The highest BCUT2D eigenvalue weighted by molar-refractivity contribution is 8.40. The molecule has 0 saturated carbocycles. The van der Waals surface area contributed by atoms with Gasteiger partial charge in [0.2, 0.25) is 0 Å². The second-order valence-electron chi connectivity index (χ2n) is 5.48. The van der Waals surface area contributed by atoms with Gasteiger partial charge in [-0.05, 0) is 30.0 Å². The summed E-state index contributed by atoms with van der Waals surface area (Å²) < 4.78 is 12.0. The highest BCUT2D eigenvalue weighted by Gasteiger charge is 2.22. The van der Waals surface area contributed by atoms with Crippen LogP contribution in [-0.4, -0.2) is 28.6 Å². The first kappa shape index (κ1) is 16.9. The largest absolute Gasteiger partial charge is 0.497 e. The molecular weight excluding hydrogens is 368 g/mol. The molecule has 1 aliphatic heterocycles. The molecule has 5 nitrogen and oxygen atoms in total. The van der Waals surface area contributed by atoms with Crippen LogP contribution in [0.15, 0.2) is 57.0 Å². The van der Waals surface area contributed by atoms with Gasteiger partial charge in [0.1, 0.15) is 21.5 Å². The molecule has 130 valence electrons. The number of methoxy groups -OCH3 is 1. The van der Waals surface area contributed by atoms with Crippen LogP contribution in [0.5, 0.6) is 5.75 Å². The minimum Gasteiger partial charge on any atom is -0.497 e. The van der Waals surface area contributed by atoms with Crippen LogP contribution in [0, 0.1) is 0 Å². The number of carbonyl (C=O) groups excluding carboxylic acids is 1. The normalized spacial score (nSPS) is 15.7. The summed E-state index contributed by atoms with van der Waals surface area (Å²) in [5.41, 5.74) is 2.61. The van der Waals surface area contributed by atoms with E-state index in [0.29, 0.717) is 10.7 Å². The Morgan fingerprint density at radius 1 is 1.23 bits per heavy atom. The molecule has 0 atom stereocenters. The van der Waals surface area contributed by atoms with Crippen molar-refractivity contribution in [2.45, 2.75) is 0 Å². The van der Waals surface area contributed by atoms with Gasteiger partial charge in [-0.15, -0.1) is 11.8 Å². The number of ether oxygens (including phenoxy) is 1. The number of carbonyl (C=O) groups is 1. The molecule has 0 radical (unpaired) electrons. The molecule has 4 rings (SSSR count). The minimum absolute atomic E-state index is 0.228. The van der Waals surface area contributed by atoms with Crippen molar-refractivity contribution in [2.75, 3.05) is 13.4 Å². The zero-order valence-electron chi connectivity index (χ0n) is 14.1. The van der Waals surface area contributed by atoms with E-state index in [1.807, 2.05) is 36.6 Å². The average Bonchev–Trinajstić information content (AvgIpc) is 3.24. The number of hydrogen-bond acceptors (Lipinski definition) is 6. The summed E-state index contributed by atoms with van der Waals surface area (Å²) in [6, 6.07) is 9.60. The van der Waals surface area contributed by atoms with E-state index in [4.69, 9.17) is 9.15 Å². The molecule has 0 fully saturated rings. The smallest absolute Gasteiger partial charge is 0.285 e. The third kappa shape index (κ3) is 3.15. The lowest BCUT2D eigenvalue weighted by Crippen LogP contribution is -1.86. The summed E-state index contributed by atoms with van der Waals surface area (Å²) in [6.07, 6.45) is 7.16. The van der Waals surface area contributed by atoms with E-state index in [0.717, 1.165) is 32.2 Å². The lowest BCUT2D eigenvalue weighted by Gasteiger charge is -2.04. The molecule has 2 aromatic heterocycles. The number of rotatable bonds is 3. The monoisotopic (exact) mass is 382 g/mol. The second kappa shape index (κ2) is 7.01. The van der Waals surface area contributed by atoms with Gasteiger partial charge in [-0.3, -0.25) is 9.78 Å². The van der Waals surface area contributed by atoms with Gasteiger partial charge in [-0.2, -0.15) is 4.99 Å². The summed E-state index contributed by atoms with van der Waals surface area (Å²) >= 11 is 2.82. The maximum atomic E-state index is 12.0. The average molecular weight is 382 g/mol. The van der Waals surface area contributed by atoms with Gasteiger partial charge in [0, 0.05) is 29.4 Å². The fourth-order valence-electron chi connectivity index (χ4n) is 2.64. The Morgan fingerprint density at radius 2 is 2.04 bits per heavy atom. The summed E-state index contributed by atoms with van der Waals surface area (Å²) in [5.74, 6) is 1.17. The molecule has 0 unspecified atom stereocenters. The Hall–Kier alpha value is -2.51. The van der Waals surface area contributed by atoms with Gasteiger partial charge in [0.15, 0.2) is 0 Å². The Morgan fingerprint density at radius 3 is 2.73 bits per heavy atom. The van der Waals surface area contributed by atoms with Gasteiger partial charge in [0.05, 0.1) is 12.0 Å². The van der Waals surface area contributed by atoms with Crippen LogP contribution < -0.4 is 4.74 Å². The first-order chi connectivity index (χ1) is 12.7. The number of pyridine rings is 1. The molecule has 1 amide bonds. The molecule has 1 aromatic carbocycles. The number of aromatic nitrogens is 1. The minimum atomic E-state index is -0.228. The van der Waals surface area contributed by atoms with E-state index >= 15 is 0 Å². The molecule has 0 bridgehead atoms. The molecular formula is C19H14N2O3S2. The first-order valence-electron chi connectivity index (χ1n) is 7.76. The van der Waals surface area contributed by atoms with E-state index < -0.39 is 0 Å². The first-order valence-corrected chi connectivity index (χ1v) is 9.80. The van der Waals surface area contributed by atoms with Gasteiger partial charge in [-0.1, -0.05) is 23.9 Å². The van der Waals surface area contributed by atoms with Gasteiger partial charge < -0.3 is 9.15 Å². The zero-order chi connectivity index (χ0) is 18.1. The van der Waals surface area contributed by atoms with Crippen LogP contribution in [0.25, 0.3) is 28.2 Å². The maximum absolute atomic E-state index is 12.0. The summed E-state index contributed by atoms with van der Waals surface area (Å²) in [5, 5.41) is 0.881. The number of benzene rings is 1. The number of aliphatic imine (C=N–C) groups is 1. The van der Waals surface area contributed by atoms with E-state index in [1.165, 1.54) is 23.5 Å². The van der Waals surface area contributed by atoms with Crippen molar-refractivity contribution in [3.8, 4) is 16.9 Å². The Balaban J connectivity index is 1.73. The van der Waals surface area contributed by atoms with Crippen molar-refractivity contribution in [2.24, 2.45) is 4.99 Å². The van der Waals surface area contributed by atoms with E-state index in [2.05, 4.69) is 9.98 Å². The van der Waals surface area contributed by atoms with Crippen LogP contribution in [0.1, 0.15) is 5.76 Å². The number of amides is 1. The van der Waals surface area contributed by atoms with Crippen LogP contribution in [0.3, 0.4) is 0 Å². The fraction of sp³-hybridized carbons (Fsp3) is 0.105. The van der Waals surface area contributed by atoms with E-state index in [9.17, 15) is 4.79 Å². The molecule has 1 aliphatic rings. The molecule has 0 saturated heterocycles. The van der Waals surface area contributed by atoms with Crippen molar-refractivity contribution >= 4 is 50.9 Å². The molecule has 0 N–H and O–H groups in total. The summed E-state index contributed by atoms with van der Waals surface area (Å²) in [4.78, 5) is 20.8. The zero-order valence-corrected chi connectivity index (χ0v) is 15.7. The van der Waals surface area contributed by atoms with Crippen LogP contribution in [-0.2, 0) is 4.79 Å². The Labute approximate surface area is 158 Å². The summed E-state index contributed by atoms with van der Waals surface area (Å²) in [7, 11) is 1.64.